The van der Waals surface area contributed by atoms with Gasteiger partial charge in [-0.2, -0.15) is 0 Å². The Bertz CT molecular complexity index is 958. The van der Waals surface area contributed by atoms with Gasteiger partial charge in [0.25, 0.3) is 5.78 Å². The SMILES string of the molecule is COc1ccc(F)cc1C[NH+]1CC[NH+](CN2C(=O)C(=O)c3cc(F)ccc32)CC1. The Balaban J connectivity index is 1.38. The fraction of sp³-hybridized carbons (Fsp3) is 0.333. The fourth-order valence-corrected chi connectivity index (χ4v) is 4.10. The Hall–Kier alpha value is -2.84. The number of halogens is 2. The molecule has 0 aromatic heterocycles. The van der Waals surface area contributed by atoms with Gasteiger partial charge >= 0.3 is 5.91 Å². The molecule has 1 saturated heterocycles. The predicted octanol–water partition coefficient (Wildman–Crippen LogP) is -0.556. The van der Waals surface area contributed by atoms with Crippen LogP contribution in [0.25, 0.3) is 0 Å². The van der Waals surface area contributed by atoms with E-state index in [4.69, 9.17) is 4.74 Å². The number of carbonyl (C=O) groups is 2. The number of ketones is 1. The molecule has 2 aliphatic heterocycles. The number of anilines is 1. The van der Waals surface area contributed by atoms with Gasteiger partial charge in [-0.3, -0.25) is 14.5 Å². The molecule has 2 heterocycles. The molecule has 8 heteroatoms. The Morgan fingerprint density at radius 1 is 0.966 bits per heavy atom. The van der Waals surface area contributed by atoms with Crippen LogP contribution in [0.4, 0.5) is 14.5 Å². The van der Waals surface area contributed by atoms with Crippen LogP contribution in [0.1, 0.15) is 15.9 Å². The van der Waals surface area contributed by atoms with E-state index in [-0.39, 0.29) is 11.4 Å². The highest BCUT2D eigenvalue weighted by atomic mass is 19.1. The number of amides is 1. The van der Waals surface area contributed by atoms with Crippen molar-refractivity contribution in [1.29, 1.82) is 0 Å². The number of quaternary nitrogens is 2. The molecule has 2 N–H and O–H groups in total. The number of carbonyl (C=O) groups excluding carboxylic acids is 2. The summed E-state index contributed by atoms with van der Waals surface area (Å²) in [5.41, 5.74) is 1.45. The summed E-state index contributed by atoms with van der Waals surface area (Å²) < 4.78 is 32.3. The number of ether oxygens (including phenoxy) is 1. The number of hydrogen-bond donors (Lipinski definition) is 2. The van der Waals surface area contributed by atoms with E-state index in [1.54, 1.807) is 13.2 Å². The number of piperazine rings is 1. The summed E-state index contributed by atoms with van der Waals surface area (Å²) in [4.78, 5) is 28.4. The fourth-order valence-electron chi connectivity index (χ4n) is 4.10. The maximum atomic E-state index is 13.6. The van der Waals surface area contributed by atoms with Gasteiger partial charge in [0, 0.05) is 0 Å². The zero-order chi connectivity index (χ0) is 20.5. The minimum atomic E-state index is -0.652. The van der Waals surface area contributed by atoms with Crippen molar-refractivity contribution >= 4 is 17.4 Å². The summed E-state index contributed by atoms with van der Waals surface area (Å²) in [5, 5.41) is 0. The standard InChI is InChI=1S/C21H21F2N3O3/c1-29-19-5-3-15(22)10-14(19)12-24-6-8-25(9-7-24)13-26-18-4-2-16(23)11-17(18)20(27)21(26)28/h2-5,10-11H,6-9,12-13H2,1H3/p+2. The summed E-state index contributed by atoms with van der Waals surface area (Å²) >= 11 is 0. The lowest BCUT2D eigenvalue weighted by atomic mass is 10.1. The summed E-state index contributed by atoms with van der Waals surface area (Å²) in [7, 11) is 1.58. The van der Waals surface area contributed by atoms with Gasteiger partial charge in [0.1, 0.15) is 50.1 Å². The zero-order valence-electron chi connectivity index (χ0n) is 16.1. The smallest absolute Gasteiger partial charge is 0.303 e. The molecule has 29 heavy (non-hydrogen) atoms. The first-order valence-electron chi connectivity index (χ1n) is 9.61. The van der Waals surface area contributed by atoms with Crippen molar-refractivity contribution in [3.63, 3.8) is 0 Å². The number of fused-ring (bicyclic) bond motifs is 1. The monoisotopic (exact) mass is 403 g/mol. The van der Waals surface area contributed by atoms with E-state index in [1.165, 1.54) is 39.0 Å². The van der Waals surface area contributed by atoms with Crippen LogP contribution in [0.3, 0.4) is 0 Å². The van der Waals surface area contributed by atoms with E-state index in [2.05, 4.69) is 0 Å². The molecule has 0 aliphatic carbocycles. The lowest BCUT2D eigenvalue weighted by Gasteiger charge is -2.32. The highest BCUT2D eigenvalue weighted by Gasteiger charge is 2.39. The van der Waals surface area contributed by atoms with Crippen molar-refractivity contribution in [1.82, 2.24) is 0 Å². The van der Waals surface area contributed by atoms with Crippen molar-refractivity contribution in [2.24, 2.45) is 0 Å². The van der Waals surface area contributed by atoms with E-state index < -0.39 is 17.5 Å². The Labute approximate surface area is 167 Å². The number of nitrogens with one attached hydrogen (secondary N) is 2. The number of rotatable bonds is 5. The Morgan fingerprint density at radius 2 is 1.62 bits per heavy atom. The number of methoxy groups -OCH3 is 1. The average Bonchev–Trinajstić information content (AvgIpc) is 2.94. The highest BCUT2D eigenvalue weighted by molar-refractivity contribution is 6.52. The number of Topliss-reactive ketones (excluding diaryl/α,β-unsaturated/α-hetero) is 1. The van der Waals surface area contributed by atoms with Crippen molar-refractivity contribution in [3.05, 3.63) is 59.2 Å². The lowest BCUT2D eigenvalue weighted by molar-refractivity contribution is -1.02. The van der Waals surface area contributed by atoms with Gasteiger partial charge < -0.3 is 14.5 Å². The minimum absolute atomic E-state index is 0.136. The maximum Gasteiger partial charge on any atom is 0.303 e. The molecule has 0 bridgehead atoms. The van der Waals surface area contributed by atoms with Gasteiger partial charge in [0.05, 0.1) is 23.9 Å². The molecule has 1 amide bonds. The minimum Gasteiger partial charge on any atom is -0.496 e. The van der Waals surface area contributed by atoms with Crippen LogP contribution in [-0.4, -0.2) is 51.6 Å². The van der Waals surface area contributed by atoms with Crippen LogP contribution in [0.15, 0.2) is 36.4 Å². The van der Waals surface area contributed by atoms with Gasteiger partial charge in [-0.1, -0.05) is 0 Å². The third-order valence-electron chi connectivity index (χ3n) is 5.66. The first-order chi connectivity index (χ1) is 14.0. The average molecular weight is 403 g/mol. The van der Waals surface area contributed by atoms with Crippen molar-refractivity contribution in [3.8, 4) is 5.75 Å². The lowest BCUT2D eigenvalue weighted by Crippen LogP contribution is -3.28. The van der Waals surface area contributed by atoms with Crippen LogP contribution in [0.2, 0.25) is 0 Å². The van der Waals surface area contributed by atoms with Crippen LogP contribution in [0.5, 0.6) is 5.75 Å². The molecule has 2 aromatic rings. The second-order valence-corrected chi connectivity index (χ2v) is 7.51. The molecular weight excluding hydrogens is 380 g/mol. The van der Waals surface area contributed by atoms with Crippen LogP contribution >= 0.6 is 0 Å². The predicted molar refractivity (Wildman–Crippen MR) is 101 cm³/mol. The van der Waals surface area contributed by atoms with Crippen molar-refractivity contribution in [2.75, 3.05) is 44.9 Å². The molecule has 4 rings (SSSR count). The Morgan fingerprint density at radius 3 is 2.34 bits per heavy atom. The second kappa shape index (κ2) is 7.88. The van der Waals surface area contributed by atoms with E-state index in [0.29, 0.717) is 24.7 Å². The third kappa shape index (κ3) is 3.86. The number of hydrogen-bond acceptors (Lipinski definition) is 3. The normalized spacial score (nSPS) is 21.4. The van der Waals surface area contributed by atoms with E-state index in [9.17, 15) is 18.4 Å². The first-order valence-corrected chi connectivity index (χ1v) is 9.61. The molecular formula is C21H23F2N3O3+2. The molecule has 6 nitrogen and oxygen atoms in total. The molecule has 1 fully saturated rings. The summed E-state index contributed by atoms with van der Waals surface area (Å²) in [5.74, 6) is -1.38. The zero-order valence-corrected chi connectivity index (χ0v) is 16.1. The topological polar surface area (TPSA) is 55.5 Å². The largest absolute Gasteiger partial charge is 0.496 e. The molecule has 0 unspecified atom stereocenters. The first kappa shape index (κ1) is 19.5. The molecule has 0 atom stereocenters. The van der Waals surface area contributed by atoms with Gasteiger partial charge in [-0.25, -0.2) is 8.78 Å². The van der Waals surface area contributed by atoms with E-state index in [1.807, 2.05) is 0 Å². The molecule has 0 spiro atoms. The highest BCUT2D eigenvalue weighted by Crippen LogP contribution is 2.28. The van der Waals surface area contributed by atoms with E-state index >= 15 is 0 Å². The molecule has 0 saturated carbocycles. The van der Waals surface area contributed by atoms with Gasteiger partial charge in [0.2, 0.25) is 0 Å². The second-order valence-electron chi connectivity index (χ2n) is 7.51. The van der Waals surface area contributed by atoms with Gasteiger partial charge in [0.15, 0.2) is 6.67 Å². The quantitative estimate of drug-likeness (QED) is 0.659. The summed E-state index contributed by atoms with van der Waals surface area (Å²) in [6.45, 7) is 4.35. The number of benzene rings is 2. The third-order valence-corrected chi connectivity index (χ3v) is 5.66. The molecule has 2 aliphatic rings. The van der Waals surface area contributed by atoms with Crippen LogP contribution in [-0.2, 0) is 11.3 Å². The number of nitrogens with zero attached hydrogens (tertiary/aromatic N) is 1. The van der Waals surface area contributed by atoms with Crippen LogP contribution < -0.4 is 19.4 Å². The van der Waals surface area contributed by atoms with E-state index in [0.717, 1.165) is 37.8 Å². The van der Waals surface area contributed by atoms with Crippen molar-refractivity contribution < 1.29 is 32.9 Å². The molecule has 2 aromatic carbocycles. The van der Waals surface area contributed by atoms with Gasteiger partial charge in [-0.05, 0) is 36.4 Å². The maximum absolute atomic E-state index is 13.6. The summed E-state index contributed by atoms with van der Waals surface area (Å²) in [6.07, 6.45) is 0. The van der Waals surface area contributed by atoms with Gasteiger partial charge in [-0.15, -0.1) is 0 Å². The molecule has 0 radical (unpaired) electrons. The molecule has 152 valence electrons. The summed E-state index contributed by atoms with van der Waals surface area (Å²) in [6, 6.07) is 8.42. The van der Waals surface area contributed by atoms with Crippen molar-refractivity contribution in [2.45, 2.75) is 6.54 Å². The van der Waals surface area contributed by atoms with Crippen LogP contribution in [0, 0.1) is 11.6 Å². The Kier molecular flexibility index (Phi) is 5.29.